The van der Waals surface area contributed by atoms with Crippen LogP contribution in [0.3, 0.4) is 0 Å². The van der Waals surface area contributed by atoms with E-state index in [2.05, 4.69) is 55.4 Å². The summed E-state index contributed by atoms with van der Waals surface area (Å²) in [6.45, 7) is 8.59. The Labute approximate surface area is 122 Å². The molecule has 0 saturated carbocycles. The molecule has 0 bridgehead atoms. The lowest BCUT2D eigenvalue weighted by molar-refractivity contribution is -0.0208. The lowest BCUT2D eigenvalue weighted by Gasteiger charge is -2.34. The summed E-state index contributed by atoms with van der Waals surface area (Å²) < 4.78 is 5.86. The summed E-state index contributed by atoms with van der Waals surface area (Å²) in [4.78, 5) is 2.35. The summed E-state index contributed by atoms with van der Waals surface area (Å²) in [5.41, 5.74) is 3.25. The van der Waals surface area contributed by atoms with Crippen LogP contribution in [0.4, 0.5) is 0 Å². The molecule has 3 heteroatoms. The molecule has 0 radical (unpaired) electrons. The lowest BCUT2D eigenvalue weighted by atomic mass is 9.85. The number of morpholine rings is 1. The van der Waals surface area contributed by atoms with E-state index in [4.69, 9.17) is 4.74 Å². The second kappa shape index (κ2) is 5.47. The van der Waals surface area contributed by atoms with Crippen LogP contribution in [0.25, 0.3) is 0 Å². The number of fused-ring (bicyclic) bond motifs is 1. The standard InChI is InChI=1S/C17H26N2O/c1-17(2)10-13-6-4-5-7-15(13)16(17)18-11-14-12-19(3)8-9-20-14/h4-7,14,16,18H,8-12H2,1-3H3. The number of ether oxygens (including phenoxy) is 1. The quantitative estimate of drug-likeness (QED) is 0.915. The first-order chi connectivity index (χ1) is 9.56. The van der Waals surface area contributed by atoms with Gasteiger partial charge >= 0.3 is 0 Å². The third kappa shape index (κ3) is 2.76. The number of benzene rings is 1. The molecular weight excluding hydrogens is 248 g/mol. The highest BCUT2D eigenvalue weighted by Gasteiger charge is 2.38. The van der Waals surface area contributed by atoms with Crippen molar-refractivity contribution in [3.8, 4) is 0 Å². The molecule has 20 heavy (non-hydrogen) atoms. The third-order valence-corrected chi connectivity index (χ3v) is 4.69. The van der Waals surface area contributed by atoms with E-state index in [1.807, 2.05) is 0 Å². The van der Waals surface area contributed by atoms with Crippen molar-refractivity contribution >= 4 is 0 Å². The van der Waals surface area contributed by atoms with Gasteiger partial charge in [0.25, 0.3) is 0 Å². The second-order valence-electron chi connectivity index (χ2n) is 6.96. The highest BCUT2D eigenvalue weighted by atomic mass is 16.5. The molecule has 2 unspecified atom stereocenters. The molecule has 0 aromatic heterocycles. The average Bonchev–Trinajstić information content (AvgIpc) is 2.66. The van der Waals surface area contributed by atoms with Crippen LogP contribution in [0.15, 0.2) is 24.3 Å². The molecule has 3 rings (SSSR count). The van der Waals surface area contributed by atoms with E-state index in [1.54, 1.807) is 0 Å². The minimum atomic E-state index is 0.282. The molecule has 2 atom stereocenters. The van der Waals surface area contributed by atoms with Gasteiger partial charge in [-0.2, -0.15) is 0 Å². The predicted molar refractivity (Wildman–Crippen MR) is 81.9 cm³/mol. The molecule has 2 aliphatic rings. The van der Waals surface area contributed by atoms with Gasteiger partial charge in [0, 0.05) is 25.7 Å². The van der Waals surface area contributed by atoms with Gasteiger partial charge in [-0.15, -0.1) is 0 Å². The van der Waals surface area contributed by atoms with Crippen molar-refractivity contribution in [2.45, 2.75) is 32.4 Å². The molecule has 1 aromatic carbocycles. The monoisotopic (exact) mass is 274 g/mol. The topological polar surface area (TPSA) is 24.5 Å². The van der Waals surface area contributed by atoms with Gasteiger partial charge in [0.1, 0.15) is 0 Å². The van der Waals surface area contributed by atoms with Crippen molar-refractivity contribution in [1.82, 2.24) is 10.2 Å². The van der Waals surface area contributed by atoms with E-state index in [0.717, 1.165) is 32.7 Å². The minimum Gasteiger partial charge on any atom is -0.374 e. The Kier molecular flexibility index (Phi) is 3.85. The summed E-state index contributed by atoms with van der Waals surface area (Å²) in [5.74, 6) is 0. The Hall–Kier alpha value is -0.900. The normalized spacial score (nSPS) is 29.4. The molecule has 1 fully saturated rings. The Morgan fingerprint density at radius 3 is 2.95 bits per heavy atom. The first-order valence-electron chi connectivity index (χ1n) is 7.67. The Morgan fingerprint density at radius 1 is 1.35 bits per heavy atom. The fourth-order valence-electron chi connectivity index (χ4n) is 3.62. The minimum absolute atomic E-state index is 0.282. The lowest BCUT2D eigenvalue weighted by Crippen LogP contribution is -2.46. The van der Waals surface area contributed by atoms with E-state index in [0.29, 0.717) is 12.1 Å². The van der Waals surface area contributed by atoms with Gasteiger partial charge in [0.2, 0.25) is 0 Å². The van der Waals surface area contributed by atoms with Crippen LogP contribution in [0.2, 0.25) is 0 Å². The number of hydrogen-bond acceptors (Lipinski definition) is 3. The van der Waals surface area contributed by atoms with E-state index in [-0.39, 0.29) is 5.41 Å². The molecule has 1 N–H and O–H groups in total. The van der Waals surface area contributed by atoms with Crippen LogP contribution in [0, 0.1) is 5.41 Å². The predicted octanol–water partition coefficient (Wildman–Crippen LogP) is 2.23. The number of rotatable bonds is 3. The van der Waals surface area contributed by atoms with Gasteiger partial charge in [-0.25, -0.2) is 0 Å². The SMILES string of the molecule is CN1CCOC(CNC2c3ccccc3CC2(C)C)C1. The largest absolute Gasteiger partial charge is 0.374 e. The molecule has 3 nitrogen and oxygen atoms in total. The molecule has 0 spiro atoms. The van der Waals surface area contributed by atoms with E-state index in [1.165, 1.54) is 11.1 Å². The van der Waals surface area contributed by atoms with Crippen molar-refractivity contribution in [3.63, 3.8) is 0 Å². The third-order valence-electron chi connectivity index (χ3n) is 4.69. The molecule has 110 valence electrons. The Morgan fingerprint density at radius 2 is 2.15 bits per heavy atom. The number of nitrogens with zero attached hydrogens (tertiary/aromatic N) is 1. The maximum Gasteiger partial charge on any atom is 0.0826 e. The van der Waals surface area contributed by atoms with Gasteiger partial charge < -0.3 is 15.0 Å². The molecule has 1 aliphatic carbocycles. The summed E-state index contributed by atoms with van der Waals surface area (Å²) in [7, 11) is 2.17. The van der Waals surface area contributed by atoms with E-state index < -0.39 is 0 Å². The fraction of sp³-hybridized carbons (Fsp3) is 0.647. The summed E-state index contributed by atoms with van der Waals surface area (Å²) in [5, 5.41) is 3.77. The van der Waals surface area contributed by atoms with E-state index >= 15 is 0 Å². The molecule has 1 saturated heterocycles. The van der Waals surface area contributed by atoms with Crippen LogP contribution in [0.1, 0.15) is 31.0 Å². The average molecular weight is 274 g/mol. The molecule has 1 heterocycles. The number of likely N-dealkylation sites (N-methyl/N-ethyl adjacent to an activating group) is 1. The number of hydrogen-bond donors (Lipinski definition) is 1. The van der Waals surface area contributed by atoms with Crippen molar-refractivity contribution < 1.29 is 4.74 Å². The summed E-state index contributed by atoms with van der Waals surface area (Å²) >= 11 is 0. The van der Waals surface area contributed by atoms with Gasteiger partial charge in [-0.1, -0.05) is 38.1 Å². The van der Waals surface area contributed by atoms with Crippen molar-refractivity contribution in [3.05, 3.63) is 35.4 Å². The smallest absolute Gasteiger partial charge is 0.0826 e. The van der Waals surface area contributed by atoms with Gasteiger partial charge in [0.15, 0.2) is 0 Å². The maximum atomic E-state index is 5.86. The Balaban J connectivity index is 1.67. The Bertz CT molecular complexity index is 472. The fourth-order valence-corrected chi connectivity index (χ4v) is 3.62. The van der Waals surface area contributed by atoms with Crippen molar-refractivity contribution in [2.75, 3.05) is 33.3 Å². The van der Waals surface area contributed by atoms with Gasteiger partial charge in [-0.05, 0) is 30.0 Å². The molecular formula is C17H26N2O. The maximum absolute atomic E-state index is 5.86. The van der Waals surface area contributed by atoms with E-state index in [9.17, 15) is 0 Å². The summed E-state index contributed by atoms with van der Waals surface area (Å²) in [6.07, 6.45) is 1.48. The van der Waals surface area contributed by atoms with Crippen LogP contribution >= 0.6 is 0 Å². The zero-order valence-electron chi connectivity index (χ0n) is 12.9. The highest BCUT2D eigenvalue weighted by molar-refractivity contribution is 5.37. The van der Waals surface area contributed by atoms with Crippen LogP contribution in [-0.2, 0) is 11.2 Å². The van der Waals surface area contributed by atoms with Crippen LogP contribution in [-0.4, -0.2) is 44.3 Å². The van der Waals surface area contributed by atoms with Crippen LogP contribution in [0.5, 0.6) is 0 Å². The first kappa shape index (κ1) is 14.1. The van der Waals surface area contributed by atoms with Crippen molar-refractivity contribution in [2.24, 2.45) is 5.41 Å². The zero-order valence-corrected chi connectivity index (χ0v) is 12.9. The molecule has 0 amide bonds. The zero-order chi connectivity index (χ0) is 14.2. The van der Waals surface area contributed by atoms with Gasteiger partial charge in [-0.3, -0.25) is 0 Å². The molecule has 1 aromatic rings. The van der Waals surface area contributed by atoms with Gasteiger partial charge in [0.05, 0.1) is 12.7 Å². The van der Waals surface area contributed by atoms with Crippen LogP contribution < -0.4 is 5.32 Å². The molecule has 1 aliphatic heterocycles. The summed E-state index contributed by atoms with van der Waals surface area (Å²) in [6, 6.07) is 9.28. The second-order valence-corrected chi connectivity index (χ2v) is 6.96. The number of nitrogens with one attached hydrogen (secondary N) is 1. The van der Waals surface area contributed by atoms with Crippen molar-refractivity contribution in [1.29, 1.82) is 0 Å². The first-order valence-corrected chi connectivity index (χ1v) is 7.67. The highest BCUT2D eigenvalue weighted by Crippen LogP contribution is 2.44.